The average molecular weight is 538 g/mol. The molecule has 4 rings (SSSR count). The van der Waals surface area contributed by atoms with E-state index >= 15 is 0 Å². The first-order chi connectivity index (χ1) is 18.0. The third-order valence-electron chi connectivity index (χ3n) is 7.00. The van der Waals surface area contributed by atoms with Crippen molar-refractivity contribution in [2.45, 2.75) is 70.6 Å². The highest BCUT2D eigenvalue weighted by molar-refractivity contribution is 7.90. The van der Waals surface area contributed by atoms with Gasteiger partial charge in [0.2, 0.25) is 0 Å². The fourth-order valence-electron chi connectivity index (χ4n) is 4.44. The van der Waals surface area contributed by atoms with Gasteiger partial charge >= 0.3 is 0 Å². The van der Waals surface area contributed by atoms with E-state index in [9.17, 15) is 13.2 Å². The largest absolute Gasteiger partial charge is 0.384 e. The summed E-state index contributed by atoms with van der Waals surface area (Å²) < 4.78 is 27.9. The smallest absolute Gasteiger partial charge is 0.281 e. The minimum absolute atomic E-state index is 0.0419. The molecule has 4 heterocycles. The van der Waals surface area contributed by atoms with Crippen LogP contribution in [-0.2, 0) is 10.0 Å². The van der Waals surface area contributed by atoms with Crippen molar-refractivity contribution in [3.8, 4) is 11.3 Å². The zero-order chi connectivity index (χ0) is 27.6. The highest BCUT2D eigenvalue weighted by atomic mass is 32.2. The molecule has 0 saturated carbocycles. The van der Waals surface area contributed by atoms with Crippen LogP contribution in [0.4, 0.5) is 17.5 Å². The first-order valence-corrected chi connectivity index (χ1v) is 14.3. The molecule has 1 saturated heterocycles. The van der Waals surface area contributed by atoms with E-state index in [4.69, 9.17) is 10.7 Å². The second-order valence-corrected chi connectivity index (χ2v) is 11.8. The van der Waals surface area contributed by atoms with Crippen LogP contribution in [0.2, 0.25) is 0 Å². The van der Waals surface area contributed by atoms with E-state index in [2.05, 4.69) is 59.5 Å². The molecule has 0 unspecified atom stereocenters. The highest BCUT2D eigenvalue weighted by Gasteiger charge is 2.33. The molecule has 0 bridgehead atoms. The van der Waals surface area contributed by atoms with Crippen LogP contribution in [0.5, 0.6) is 0 Å². The summed E-state index contributed by atoms with van der Waals surface area (Å²) in [6, 6.07) is 11.9. The molecule has 1 aliphatic heterocycles. The topological polar surface area (TPSA) is 143 Å². The van der Waals surface area contributed by atoms with E-state index < -0.39 is 15.9 Å². The molecule has 10 nitrogen and oxygen atoms in total. The lowest BCUT2D eigenvalue weighted by Gasteiger charge is -2.29. The van der Waals surface area contributed by atoms with Crippen molar-refractivity contribution in [1.82, 2.24) is 19.7 Å². The number of nitrogens with zero attached hydrogens (tertiary/aromatic N) is 4. The van der Waals surface area contributed by atoms with Crippen LogP contribution in [0.15, 0.2) is 53.7 Å². The summed E-state index contributed by atoms with van der Waals surface area (Å²) >= 11 is 0. The van der Waals surface area contributed by atoms with Gasteiger partial charge in [0.1, 0.15) is 17.5 Å². The number of carbonyl (C=O) groups is 1. The van der Waals surface area contributed by atoms with Gasteiger partial charge in [-0.05, 0) is 75.9 Å². The summed E-state index contributed by atoms with van der Waals surface area (Å²) in [5.74, 6) is 0.926. The van der Waals surface area contributed by atoms with Crippen molar-refractivity contribution < 1.29 is 13.2 Å². The number of amides is 1. The number of aromatic nitrogens is 3. The van der Waals surface area contributed by atoms with E-state index in [1.54, 1.807) is 18.3 Å². The number of anilines is 3. The maximum Gasteiger partial charge on any atom is 0.281 e. The second-order valence-electron chi connectivity index (χ2n) is 10.2. The Morgan fingerprint density at radius 2 is 1.74 bits per heavy atom. The predicted octanol–water partition coefficient (Wildman–Crippen LogP) is 4.07. The van der Waals surface area contributed by atoms with Crippen molar-refractivity contribution >= 4 is 33.4 Å². The minimum atomic E-state index is -4.23. The Bertz CT molecular complexity index is 1400. The van der Waals surface area contributed by atoms with Gasteiger partial charge in [-0.2, -0.15) is 8.42 Å². The number of carbonyl (C=O) groups excluding carboxylic acids is 1. The van der Waals surface area contributed by atoms with Gasteiger partial charge in [-0.25, -0.2) is 19.7 Å². The fraction of sp³-hybridized carbons (Fsp3) is 0.407. The number of rotatable bonds is 8. The normalized spacial score (nSPS) is 18.4. The third kappa shape index (κ3) is 5.88. The summed E-state index contributed by atoms with van der Waals surface area (Å²) in [4.78, 5) is 28.6. The van der Waals surface area contributed by atoms with E-state index in [1.165, 1.54) is 18.2 Å². The lowest BCUT2D eigenvalue weighted by molar-refractivity contribution is 0.0981. The Morgan fingerprint density at radius 3 is 2.34 bits per heavy atom. The standard InChI is InChI=1S/C27H35N7O3S/c1-16(2)19(5)30-24-14-11-20(15-29-24)22-13-12-21(26(31-22)34-17(3)9-10-18(34)4)27(35)33-38(36,37)25-8-6-7-23(28)32-25/h6-8,11-19H,9-10H2,1-5H3,(H2,28,32)(H,29,30)(H,33,35)/t17-,18+,19-/m0/s1. The summed E-state index contributed by atoms with van der Waals surface area (Å²) in [5.41, 5.74) is 7.23. The van der Waals surface area contributed by atoms with Crippen LogP contribution >= 0.6 is 0 Å². The Labute approximate surface area is 224 Å². The Hall–Kier alpha value is -3.73. The summed E-state index contributed by atoms with van der Waals surface area (Å²) in [5, 5.41) is 3.06. The van der Waals surface area contributed by atoms with Crippen molar-refractivity contribution in [2.75, 3.05) is 16.0 Å². The zero-order valence-electron chi connectivity index (χ0n) is 22.3. The maximum absolute atomic E-state index is 13.3. The van der Waals surface area contributed by atoms with Gasteiger partial charge in [0.15, 0.2) is 5.03 Å². The first kappa shape index (κ1) is 27.3. The third-order valence-corrected chi connectivity index (χ3v) is 8.23. The van der Waals surface area contributed by atoms with E-state index in [-0.39, 0.29) is 34.5 Å². The summed E-state index contributed by atoms with van der Waals surface area (Å²) in [6.45, 7) is 10.5. The van der Waals surface area contributed by atoms with Gasteiger partial charge in [-0.15, -0.1) is 0 Å². The minimum Gasteiger partial charge on any atom is -0.384 e. The summed E-state index contributed by atoms with van der Waals surface area (Å²) in [6.07, 6.45) is 3.62. The Kier molecular flexibility index (Phi) is 7.86. The molecule has 3 aromatic rings. The number of hydrogen-bond donors (Lipinski definition) is 3. The molecule has 1 fully saturated rings. The Balaban J connectivity index is 1.68. The van der Waals surface area contributed by atoms with Gasteiger partial charge in [-0.3, -0.25) is 4.79 Å². The molecule has 1 aliphatic rings. The van der Waals surface area contributed by atoms with E-state index in [0.717, 1.165) is 24.2 Å². The quantitative estimate of drug-likeness (QED) is 0.387. The maximum atomic E-state index is 13.3. The molecule has 0 aliphatic carbocycles. The van der Waals surface area contributed by atoms with Gasteiger partial charge < -0.3 is 16.0 Å². The van der Waals surface area contributed by atoms with E-state index in [0.29, 0.717) is 17.4 Å². The van der Waals surface area contributed by atoms with Crippen molar-refractivity contribution in [2.24, 2.45) is 5.92 Å². The molecule has 11 heteroatoms. The molecular weight excluding hydrogens is 502 g/mol. The highest BCUT2D eigenvalue weighted by Crippen LogP contribution is 2.33. The predicted molar refractivity (Wildman–Crippen MR) is 149 cm³/mol. The number of sulfonamides is 1. The van der Waals surface area contributed by atoms with Gasteiger partial charge in [0.25, 0.3) is 15.9 Å². The second kappa shape index (κ2) is 10.9. The summed E-state index contributed by atoms with van der Waals surface area (Å²) in [7, 11) is -4.23. The molecule has 38 heavy (non-hydrogen) atoms. The molecule has 202 valence electrons. The monoisotopic (exact) mass is 537 g/mol. The van der Waals surface area contributed by atoms with Crippen LogP contribution in [-0.4, -0.2) is 47.4 Å². The lowest BCUT2D eigenvalue weighted by atomic mass is 10.1. The molecule has 1 amide bonds. The van der Waals surface area contributed by atoms with Crippen LogP contribution in [0.25, 0.3) is 11.3 Å². The molecule has 3 aromatic heterocycles. The average Bonchev–Trinajstić information content (AvgIpc) is 3.21. The number of nitrogen functional groups attached to an aromatic ring is 1. The molecule has 4 N–H and O–H groups in total. The van der Waals surface area contributed by atoms with Crippen molar-refractivity contribution in [3.05, 3.63) is 54.2 Å². The fourth-order valence-corrected chi connectivity index (χ4v) is 5.38. The van der Waals surface area contributed by atoms with E-state index in [1.807, 2.05) is 12.1 Å². The lowest BCUT2D eigenvalue weighted by Crippen LogP contribution is -2.37. The molecule has 3 atom stereocenters. The number of pyridine rings is 3. The zero-order valence-corrected chi connectivity index (χ0v) is 23.2. The van der Waals surface area contributed by atoms with Crippen LogP contribution in [0, 0.1) is 5.92 Å². The molecule has 0 aromatic carbocycles. The Morgan fingerprint density at radius 1 is 1.03 bits per heavy atom. The number of nitrogens with two attached hydrogens (primary N) is 1. The number of hydrogen-bond acceptors (Lipinski definition) is 9. The first-order valence-electron chi connectivity index (χ1n) is 12.8. The molecule has 0 spiro atoms. The van der Waals surface area contributed by atoms with Crippen molar-refractivity contribution in [1.29, 1.82) is 0 Å². The van der Waals surface area contributed by atoms with Crippen LogP contribution in [0.1, 0.15) is 57.8 Å². The number of nitrogens with one attached hydrogen (secondary N) is 2. The van der Waals surface area contributed by atoms with Crippen LogP contribution < -0.4 is 20.7 Å². The van der Waals surface area contributed by atoms with Gasteiger partial charge in [-0.1, -0.05) is 19.9 Å². The van der Waals surface area contributed by atoms with Crippen molar-refractivity contribution in [3.63, 3.8) is 0 Å². The molecule has 0 radical (unpaired) electrons. The van der Waals surface area contributed by atoms with Crippen LogP contribution in [0.3, 0.4) is 0 Å². The molecular formula is C27H35N7O3S. The van der Waals surface area contributed by atoms with Gasteiger partial charge in [0.05, 0.1) is 11.3 Å². The van der Waals surface area contributed by atoms with Gasteiger partial charge in [0, 0.05) is 29.9 Å². The SMILES string of the molecule is CC(C)[C@H](C)Nc1ccc(-c2ccc(C(=O)NS(=O)(=O)c3cccc(N)n3)c(N3[C@H](C)CC[C@@H]3C)n2)cn1.